The molecular formula is C18H18N4O6S3. The van der Waals surface area contributed by atoms with E-state index in [9.17, 15) is 23.3 Å². The lowest BCUT2D eigenvalue weighted by atomic mass is 9.97. The molecule has 1 aromatic carbocycles. The Morgan fingerprint density at radius 3 is 2.71 bits per heavy atom. The highest BCUT2D eigenvalue weighted by Gasteiger charge is 2.33. The van der Waals surface area contributed by atoms with E-state index in [4.69, 9.17) is 4.74 Å². The molecule has 2 aromatic heterocycles. The van der Waals surface area contributed by atoms with Gasteiger partial charge in [0.1, 0.15) is 9.73 Å². The number of piperidine rings is 1. The summed E-state index contributed by atoms with van der Waals surface area (Å²) >= 11 is 2.29. The molecule has 0 aliphatic carbocycles. The molecular weight excluding hydrogens is 464 g/mol. The van der Waals surface area contributed by atoms with Crippen LogP contribution in [0.3, 0.4) is 0 Å². The van der Waals surface area contributed by atoms with Crippen LogP contribution in [0, 0.1) is 16.0 Å². The summed E-state index contributed by atoms with van der Waals surface area (Å²) in [6.45, 7) is 0.524. The summed E-state index contributed by atoms with van der Waals surface area (Å²) in [5.74, 6) is -0.341. The highest BCUT2D eigenvalue weighted by atomic mass is 32.2. The number of thiazole rings is 1. The highest BCUT2D eigenvalue weighted by molar-refractivity contribution is 7.91. The van der Waals surface area contributed by atoms with E-state index in [1.54, 1.807) is 17.5 Å². The van der Waals surface area contributed by atoms with E-state index >= 15 is 0 Å². The number of nitro benzene ring substituents is 1. The minimum absolute atomic E-state index is 0.120. The zero-order valence-corrected chi connectivity index (χ0v) is 18.8. The Balaban J connectivity index is 1.44. The minimum Gasteiger partial charge on any atom is -0.494 e. The van der Waals surface area contributed by atoms with Crippen molar-refractivity contribution in [2.45, 2.75) is 17.1 Å². The van der Waals surface area contributed by atoms with Crippen molar-refractivity contribution in [1.29, 1.82) is 0 Å². The second-order valence-electron chi connectivity index (χ2n) is 6.87. The molecule has 0 atom stereocenters. The number of fused-ring (bicyclic) bond motifs is 1. The van der Waals surface area contributed by atoms with Gasteiger partial charge in [-0.25, -0.2) is 13.4 Å². The number of non-ortho nitro benzene ring substituents is 1. The second kappa shape index (κ2) is 8.49. The van der Waals surface area contributed by atoms with Gasteiger partial charge in [0.05, 0.1) is 22.8 Å². The maximum atomic E-state index is 12.7. The number of benzene rings is 1. The van der Waals surface area contributed by atoms with Gasteiger partial charge < -0.3 is 10.1 Å². The quantitative estimate of drug-likeness (QED) is 0.421. The summed E-state index contributed by atoms with van der Waals surface area (Å²) in [6.07, 6.45) is 0.798. The predicted molar refractivity (Wildman–Crippen MR) is 117 cm³/mol. The van der Waals surface area contributed by atoms with Crippen LogP contribution in [0.15, 0.2) is 33.9 Å². The number of amides is 1. The van der Waals surface area contributed by atoms with Crippen molar-refractivity contribution < 1.29 is 22.9 Å². The van der Waals surface area contributed by atoms with Gasteiger partial charge in [-0.15, -0.1) is 11.3 Å². The lowest BCUT2D eigenvalue weighted by molar-refractivity contribution is -0.384. The number of carbonyl (C=O) groups excluding carboxylic acids is 1. The van der Waals surface area contributed by atoms with E-state index in [0.29, 0.717) is 32.4 Å². The number of hydrogen-bond acceptors (Lipinski definition) is 9. The smallest absolute Gasteiger partial charge is 0.274 e. The van der Waals surface area contributed by atoms with Gasteiger partial charge in [-0.3, -0.25) is 14.9 Å². The standard InChI is InChI=1S/C18H18N4O6S3/c1-28-13-9-12(22(24)25)10-14-16(13)19-18(30-14)20-17(23)11-4-6-21(7-5-11)31(26,27)15-3-2-8-29-15/h2-3,8-11H,4-7H2,1H3,(H,19,20,23). The van der Waals surface area contributed by atoms with E-state index in [0.717, 1.165) is 11.3 Å². The Morgan fingerprint density at radius 2 is 2.10 bits per heavy atom. The number of anilines is 1. The number of hydrogen-bond donors (Lipinski definition) is 1. The number of sulfonamides is 1. The summed E-state index contributed by atoms with van der Waals surface area (Å²) in [4.78, 5) is 27.6. The molecule has 1 aliphatic rings. The summed E-state index contributed by atoms with van der Waals surface area (Å²) < 4.78 is 32.7. The molecule has 3 aromatic rings. The van der Waals surface area contributed by atoms with Gasteiger partial charge in [0.15, 0.2) is 10.9 Å². The molecule has 1 saturated heterocycles. The number of aromatic nitrogens is 1. The Kier molecular flexibility index (Phi) is 5.92. The topological polar surface area (TPSA) is 132 Å². The lowest BCUT2D eigenvalue weighted by Crippen LogP contribution is -2.41. The summed E-state index contributed by atoms with van der Waals surface area (Å²) in [6, 6.07) is 5.94. The van der Waals surface area contributed by atoms with E-state index in [-0.39, 0.29) is 36.4 Å². The molecule has 1 N–H and O–H groups in total. The van der Waals surface area contributed by atoms with Crippen LogP contribution >= 0.6 is 22.7 Å². The van der Waals surface area contributed by atoms with Crippen molar-refractivity contribution in [1.82, 2.24) is 9.29 Å². The number of ether oxygens (including phenoxy) is 1. The SMILES string of the molecule is COc1cc([N+](=O)[O-])cc2sc(NC(=O)C3CCN(S(=O)(=O)c4cccs4)CC3)nc12. The van der Waals surface area contributed by atoms with E-state index in [2.05, 4.69) is 10.3 Å². The third-order valence-electron chi connectivity index (χ3n) is 5.02. The molecule has 10 nitrogen and oxygen atoms in total. The van der Waals surface area contributed by atoms with E-state index in [1.807, 2.05) is 0 Å². The number of carbonyl (C=O) groups is 1. The summed E-state index contributed by atoms with van der Waals surface area (Å²) in [5, 5.41) is 15.9. The van der Waals surface area contributed by atoms with E-state index in [1.165, 1.54) is 34.9 Å². The van der Waals surface area contributed by atoms with Crippen LogP contribution in [-0.4, -0.2) is 48.7 Å². The average molecular weight is 483 g/mol. The molecule has 1 fully saturated rings. The number of rotatable bonds is 6. The molecule has 164 valence electrons. The van der Waals surface area contributed by atoms with Gasteiger partial charge in [0, 0.05) is 25.1 Å². The molecule has 1 aliphatic heterocycles. The fourth-order valence-electron chi connectivity index (χ4n) is 3.40. The average Bonchev–Trinajstić information content (AvgIpc) is 3.43. The van der Waals surface area contributed by atoms with Crippen LogP contribution in [0.25, 0.3) is 10.2 Å². The summed E-state index contributed by atoms with van der Waals surface area (Å²) in [5.41, 5.74) is 0.315. The van der Waals surface area contributed by atoms with Crippen LogP contribution < -0.4 is 10.1 Å². The summed E-state index contributed by atoms with van der Waals surface area (Å²) in [7, 11) is -2.13. The fraction of sp³-hybridized carbons (Fsp3) is 0.333. The Labute approximate surface area is 185 Å². The minimum atomic E-state index is -3.52. The van der Waals surface area contributed by atoms with Gasteiger partial charge in [-0.1, -0.05) is 17.4 Å². The zero-order valence-electron chi connectivity index (χ0n) is 16.3. The highest BCUT2D eigenvalue weighted by Crippen LogP contribution is 2.36. The Hall–Kier alpha value is -2.61. The molecule has 31 heavy (non-hydrogen) atoms. The van der Waals surface area contributed by atoms with Gasteiger partial charge in [0.25, 0.3) is 15.7 Å². The molecule has 3 heterocycles. The van der Waals surface area contributed by atoms with Crippen molar-refractivity contribution >= 4 is 59.6 Å². The monoisotopic (exact) mass is 482 g/mol. The van der Waals surface area contributed by atoms with Crippen molar-refractivity contribution in [3.8, 4) is 5.75 Å². The zero-order chi connectivity index (χ0) is 22.2. The molecule has 0 saturated carbocycles. The molecule has 0 bridgehead atoms. The maximum Gasteiger partial charge on any atom is 0.274 e. The first-order valence-electron chi connectivity index (χ1n) is 9.27. The van der Waals surface area contributed by atoms with Crippen LogP contribution in [0.4, 0.5) is 10.8 Å². The van der Waals surface area contributed by atoms with Crippen molar-refractivity contribution in [3.05, 3.63) is 39.8 Å². The normalized spacial score (nSPS) is 15.8. The van der Waals surface area contributed by atoms with Gasteiger partial charge in [0.2, 0.25) is 5.91 Å². The van der Waals surface area contributed by atoms with Gasteiger partial charge >= 0.3 is 0 Å². The number of nitrogens with zero attached hydrogens (tertiary/aromatic N) is 3. The lowest BCUT2D eigenvalue weighted by Gasteiger charge is -2.29. The number of nitro groups is 1. The number of thiophene rings is 1. The first kappa shape index (κ1) is 21.6. The van der Waals surface area contributed by atoms with Crippen molar-refractivity contribution in [2.75, 3.05) is 25.5 Å². The largest absolute Gasteiger partial charge is 0.494 e. The number of methoxy groups -OCH3 is 1. The molecule has 0 unspecified atom stereocenters. The molecule has 0 radical (unpaired) electrons. The van der Waals surface area contributed by atoms with E-state index < -0.39 is 14.9 Å². The first-order valence-corrected chi connectivity index (χ1v) is 12.4. The maximum absolute atomic E-state index is 12.7. The first-order chi connectivity index (χ1) is 14.8. The molecule has 13 heteroatoms. The van der Waals surface area contributed by atoms with Gasteiger partial charge in [-0.2, -0.15) is 4.31 Å². The predicted octanol–water partition coefficient (Wildman–Crippen LogP) is 3.31. The van der Waals surface area contributed by atoms with Crippen LogP contribution in [-0.2, 0) is 14.8 Å². The van der Waals surface area contributed by atoms with Crippen LogP contribution in [0.5, 0.6) is 5.75 Å². The third kappa shape index (κ3) is 4.26. The van der Waals surface area contributed by atoms with Crippen LogP contribution in [0.2, 0.25) is 0 Å². The Bertz CT molecular complexity index is 1230. The van der Waals surface area contributed by atoms with Crippen molar-refractivity contribution in [2.24, 2.45) is 5.92 Å². The van der Waals surface area contributed by atoms with Crippen LogP contribution in [0.1, 0.15) is 12.8 Å². The van der Waals surface area contributed by atoms with Gasteiger partial charge in [-0.05, 0) is 24.3 Å². The molecule has 0 spiro atoms. The Morgan fingerprint density at radius 1 is 1.35 bits per heavy atom. The number of nitrogens with one attached hydrogen (secondary N) is 1. The molecule has 4 rings (SSSR count). The fourth-order valence-corrected chi connectivity index (χ4v) is 6.94. The van der Waals surface area contributed by atoms with Crippen molar-refractivity contribution in [3.63, 3.8) is 0 Å². The molecule has 1 amide bonds. The third-order valence-corrected chi connectivity index (χ3v) is 9.21. The second-order valence-corrected chi connectivity index (χ2v) is 11.0.